The van der Waals surface area contributed by atoms with Crippen LogP contribution in [0.2, 0.25) is 5.02 Å². The number of imide groups is 1. The van der Waals surface area contributed by atoms with Crippen LogP contribution in [-0.2, 0) is 4.79 Å². The number of benzene rings is 2. The predicted octanol–water partition coefficient (Wildman–Crippen LogP) is 3.15. The van der Waals surface area contributed by atoms with Crippen LogP contribution in [-0.4, -0.2) is 33.6 Å². The van der Waals surface area contributed by atoms with Crippen molar-refractivity contribution in [3.63, 3.8) is 0 Å². The molecule has 27 heavy (non-hydrogen) atoms. The number of carbonyl (C=O) groups excluding carboxylic acids is 3. The van der Waals surface area contributed by atoms with Gasteiger partial charge in [0.05, 0.1) is 10.5 Å². The molecule has 0 saturated heterocycles. The lowest BCUT2D eigenvalue weighted by Crippen LogP contribution is -2.44. The molecule has 2 aromatic rings. The van der Waals surface area contributed by atoms with E-state index in [0.29, 0.717) is 15.5 Å². The fraction of sp³-hybridized carbons (Fsp3) is 0.167. The number of nitro benzene ring substituents is 1. The molecule has 138 valence electrons. The van der Waals surface area contributed by atoms with Gasteiger partial charge in [-0.3, -0.25) is 24.6 Å². The molecule has 0 radical (unpaired) electrons. The van der Waals surface area contributed by atoms with Crippen molar-refractivity contribution in [2.75, 3.05) is 0 Å². The highest BCUT2D eigenvalue weighted by Gasteiger charge is 2.45. The summed E-state index contributed by atoms with van der Waals surface area (Å²) in [7, 11) is 0. The van der Waals surface area contributed by atoms with Crippen LogP contribution in [0.1, 0.15) is 33.2 Å². The maximum absolute atomic E-state index is 12.6. The quantitative estimate of drug-likeness (QED) is 0.262. The Morgan fingerprint density at radius 3 is 2.56 bits per heavy atom. The molecular weight excluding hydrogens is 376 g/mol. The molecule has 0 aliphatic carbocycles. The average molecular weight is 389 g/mol. The Kier molecular flexibility index (Phi) is 4.67. The van der Waals surface area contributed by atoms with E-state index in [2.05, 4.69) is 0 Å². The summed E-state index contributed by atoms with van der Waals surface area (Å²) in [6.45, 7) is 3.01. The minimum atomic E-state index is -1.27. The molecule has 0 N–H and O–H groups in total. The molecule has 1 unspecified atom stereocenters. The van der Waals surface area contributed by atoms with E-state index in [1.54, 1.807) is 13.0 Å². The molecule has 0 aromatic heterocycles. The maximum Gasteiger partial charge on any atom is 0.334 e. The van der Waals surface area contributed by atoms with Gasteiger partial charge in [0.15, 0.2) is 0 Å². The van der Waals surface area contributed by atoms with E-state index in [-0.39, 0.29) is 16.9 Å². The number of rotatable bonds is 4. The van der Waals surface area contributed by atoms with E-state index in [1.165, 1.54) is 31.2 Å². The van der Waals surface area contributed by atoms with Crippen molar-refractivity contribution in [1.82, 2.24) is 4.90 Å². The van der Waals surface area contributed by atoms with Crippen LogP contribution in [0.3, 0.4) is 0 Å². The van der Waals surface area contributed by atoms with Crippen molar-refractivity contribution < 1.29 is 24.0 Å². The average Bonchev–Trinajstić information content (AvgIpc) is 2.87. The summed E-state index contributed by atoms with van der Waals surface area (Å²) in [5, 5.41) is 11.6. The number of aryl methyl sites for hydroxylation is 1. The highest BCUT2D eigenvalue weighted by Crippen LogP contribution is 2.32. The third-order valence-electron chi connectivity index (χ3n) is 4.20. The highest BCUT2D eigenvalue weighted by atomic mass is 35.5. The Labute approximate surface area is 158 Å². The first-order chi connectivity index (χ1) is 12.7. The predicted molar refractivity (Wildman–Crippen MR) is 94.9 cm³/mol. The minimum Gasteiger partial charge on any atom is -0.425 e. The Hall–Kier alpha value is -3.26. The lowest BCUT2D eigenvalue weighted by atomic mass is 10.1. The van der Waals surface area contributed by atoms with Gasteiger partial charge in [0, 0.05) is 11.1 Å². The second-order valence-electron chi connectivity index (χ2n) is 5.94. The number of esters is 1. The third kappa shape index (κ3) is 3.15. The standard InChI is InChI=1S/C18H13ClN2O6/c1-9-8-11(19)6-7-14(9)27-18(24)10(2)20-16(22)12-4-3-5-13(21(25)26)15(12)17(20)23/h3-8,10H,1-2H3. The molecule has 3 rings (SSSR count). The Balaban J connectivity index is 1.89. The molecular formula is C18H13ClN2O6. The first kappa shape index (κ1) is 18.5. The summed E-state index contributed by atoms with van der Waals surface area (Å²) in [5.74, 6) is -2.30. The summed E-state index contributed by atoms with van der Waals surface area (Å²) in [6, 6.07) is 7.11. The van der Waals surface area contributed by atoms with Gasteiger partial charge >= 0.3 is 5.97 Å². The molecule has 1 atom stereocenters. The number of fused-ring (bicyclic) bond motifs is 1. The number of nitrogens with zero attached hydrogens (tertiary/aromatic N) is 2. The smallest absolute Gasteiger partial charge is 0.334 e. The van der Waals surface area contributed by atoms with Crippen molar-refractivity contribution in [2.45, 2.75) is 19.9 Å². The van der Waals surface area contributed by atoms with Crippen molar-refractivity contribution in [3.05, 3.63) is 68.2 Å². The van der Waals surface area contributed by atoms with Crippen LogP contribution in [0.25, 0.3) is 0 Å². The first-order valence-electron chi connectivity index (χ1n) is 7.85. The van der Waals surface area contributed by atoms with E-state index in [9.17, 15) is 24.5 Å². The monoisotopic (exact) mass is 388 g/mol. The van der Waals surface area contributed by atoms with Crippen molar-refractivity contribution in [3.8, 4) is 5.75 Å². The molecule has 0 fully saturated rings. The number of hydrogen-bond donors (Lipinski definition) is 0. The number of halogens is 1. The molecule has 2 amide bonds. The summed E-state index contributed by atoms with van der Waals surface area (Å²) >= 11 is 5.86. The topological polar surface area (TPSA) is 107 Å². The Morgan fingerprint density at radius 1 is 1.22 bits per heavy atom. The second kappa shape index (κ2) is 6.81. The molecule has 9 heteroatoms. The molecule has 8 nitrogen and oxygen atoms in total. The first-order valence-corrected chi connectivity index (χ1v) is 8.23. The van der Waals surface area contributed by atoms with E-state index in [4.69, 9.17) is 16.3 Å². The van der Waals surface area contributed by atoms with Crippen LogP contribution in [0.15, 0.2) is 36.4 Å². The van der Waals surface area contributed by atoms with Gasteiger partial charge in [-0.15, -0.1) is 0 Å². The molecule has 1 aliphatic heterocycles. The van der Waals surface area contributed by atoms with Crippen LogP contribution >= 0.6 is 11.6 Å². The zero-order valence-electron chi connectivity index (χ0n) is 14.3. The molecule has 1 aliphatic rings. The summed E-state index contributed by atoms with van der Waals surface area (Å²) < 4.78 is 5.27. The largest absolute Gasteiger partial charge is 0.425 e. The van der Waals surface area contributed by atoms with E-state index < -0.39 is 34.4 Å². The van der Waals surface area contributed by atoms with E-state index in [1.807, 2.05) is 0 Å². The van der Waals surface area contributed by atoms with E-state index >= 15 is 0 Å². The zero-order valence-corrected chi connectivity index (χ0v) is 15.0. The van der Waals surface area contributed by atoms with Crippen LogP contribution in [0, 0.1) is 17.0 Å². The summed E-state index contributed by atoms with van der Waals surface area (Å²) in [6.07, 6.45) is 0. The zero-order chi connectivity index (χ0) is 19.9. The lowest BCUT2D eigenvalue weighted by Gasteiger charge is -2.21. The fourth-order valence-corrected chi connectivity index (χ4v) is 3.04. The summed E-state index contributed by atoms with van der Waals surface area (Å²) in [4.78, 5) is 48.7. The molecule has 0 bridgehead atoms. The van der Waals surface area contributed by atoms with Crippen LogP contribution < -0.4 is 4.74 Å². The normalized spacial score (nSPS) is 14.1. The maximum atomic E-state index is 12.6. The molecule has 0 spiro atoms. The number of hydrogen-bond acceptors (Lipinski definition) is 6. The van der Waals surface area contributed by atoms with Gasteiger partial charge in [-0.25, -0.2) is 4.79 Å². The third-order valence-corrected chi connectivity index (χ3v) is 4.43. The van der Waals surface area contributed by atoms with Crippen molar-refractivity contribution in [2.24, 2.45) is 0 Å². The van der Waals surface area contributed by atoms with Gasteiger partial charge in [0.25, 0.3) is 17.5 Å². The minimum absolute atomic E-state index is 0.114. The number of ether oxygens (including phenoxy) is 1. The molecule has 0 saturated carbocycles. The molecule has 2 aromatic carbocycles. The van der Waals surface area contributed by atoms with Crippen molar-refractivity contribution in [1.29, 1.82) is 0 Å². The van der Waals surface area contributed by atoms with Gasteiger partial charge in [-0.2, -0.15) is 0 Å². The summed E-state index contributed by atoms with van der Waals surface area (Å²) in [5.41, 5.74) is -0.324. The van der Waals surface area contributed by atoms with Gasteiger partial charge in [0.1, 0.15) is 17.4 Å². The number of carbonyl (C=O) groups is 3. The van der Waals surface area contributed by atoms with Gasteiger partial charge in [0.2, 0.25) is 0 Å². The number of nitro groups is 1. The second-order valence-corrected chi connectivity index (χ2v) is 6.38. The highest BCUT2D eigenvalue weighted by molar-refractivity contribution is 6.30. The Bertz CT molecular complexity index is 1000. The van der Waals surface area contributed by atoms with E-state index in [0.717, 1.165) is 6.07 Å². The Morgan fingerprint density at radius 2 is 1.93 bits per heavy atom. The molecule has 1 heterocycles. The van der Waals surface area contributed by atoms with Gasteiger partial charge in [-0.1, -0.05) is 17.7 Å². The lowest BCUT2D eigenvalue weighted by molar-refractivity contribution is -0.385. The fourth-order valence-electron chi connectivity index (χ4n) is 2.82. The van der Waals surface area contributed by atoms with Crippen LogP contribution in [0.5, 0.6) is 5.75 Å². The van der Waals surface area contributed by atoms with Gasteiger partial charge in [-0.05, 0) is 43.7 Å². The SMILES string of the molecule is Cc1cc(Cl)ccc1OC(=O)C(C)N1C(=O)c2cccc([N+](=O)[O-])c2C1=O. The van der Waals surface area contributed by atoms with Gasteiger partial charge < -0.3 is 4.74 Å². The van der Waals surface area contributed by atoms with Crippen LogP contribution in [0.4, 0.5) is 5.69 Å². The van der Waals surface area contributed by atoms with Crippen molar-refractivity contribution >= 4 is 35.1 Å². The number of amides is 2.